The summed E-state index contributed by atoms with van der Waals surface area (Å²) in [4.78, 5) is 4.27. The van der Waals surface area contributed by atoms with Gasteiger partial charge in [0.1, 0.15) is 10.7 Å². The molecule has 0 amide bonds. The van der Waals surface area contributed by atoms with Crippen molar-refractivity contribution in [1.29, 1.82) is 0 Å². The number of pyridine rings is 1. The Morgan fingerprint density at radius 2 is 2.14 bits per heavy atom. The summed E-state index contributed by atoms with van der Waals surface area (Å²) in [6.45, 7) is 0. The lowest BCUT2D eigenvalue weighted by Gasteiger charge is -1.99. The summed E-state index contributed by atoms with van der Waals surface area (Å²) in [5, 5.41) is 7.23. The fourth-order valence-electron chi connectivity index (χ4n) is 1.46. The Morgan fingerprint density at radius 3 is 3.00 bits per heavy atom. The van der Waals surface area contributed by atoms with Crippen LogP contribution in [0.4, 0.5) is 0 Å². The van der Waals surface area contributed by atoms with E-state index < -0.39 is 0 Å². The Balaban J connectivity index is 2.36. The topological polar surface area (TPSA) is 30.2 Å². The molecule has 0 N–H and O–H groups in total. The van der Waals surface area contributed by atoms with Crippen molar-refractivity contribution in [1.82, 2.24) is 14.6 Å². The standard InChI is InChI=1S/C10H7N3S/c1-2-8-4-5-12-13(8)9(3-1)10-11-6-7-14-10/h1-7H. The lowest BCUT2D eigenvalue weighted by Crippen LogP contribution is -1.91. The van der Waals surface area contributed by atoms with E-state index >= 15 is 0 Å². The molecular weight excluding hydrogens is 194 g/mol. The molecule has 68 valence electrons. The molecule has 0 aliphatic rings. The van der Waals surface area contributed by atoms with Crippen molar-refractivity contribution >= 4 is 16.9 Å². The highest BCUT2D eigenvalue weighted by molar-refractivity contribution is 7.13. The minimum atomic E-state index is 0.999. The molecule has 3 aromatic rings. The van der Waals surface area contributed by atoms with E-state index in [1.54, 1.807) is 17.5 Å². The molecule has 0 aliphatic heterocycles. The van der Waals surface area contributed by atoms with E-state index in [1.807, 2.05) is 40.4 Å². The third-order valence-electron chi connectivity index (χ3n) is 2.07. The number of fused-ring (bicyclic) bond motifs is 1. The molecule has 3 heterocycles. The zero-order valence-electron chi connectivity index (χ0n) is 7.29. The fourth-order valence-corrected chi connectivity index (χ4v) is 2.11. The zero-order valence-corrected chi connectivity index (χ0v) is 8.11. The van der Waals surface area contributed by atoms with Gasteiger partial charge in [0.15, 0.2) is 0 Å². The fraction of sp³-hybridized carbons (Fsp3) is 0. The van der Waals surface area contributed by atoms with Crippen molar-refractivity contribution < 1.29 is 0 Å². The van der Waals surface area contributed by atoms with Crippen molar-refractivity contribution in [2.24, 2.45) is 0 Å². The molecule has 0 fully saturated rings. The zero-order chi connectivity index (χ0) is 9.38. The third kappa shape index (κ3) is 1.04. The molecule has 3 rings (SSSR count). The highest BCUT2D eigenvalue weighted by Gasteiger charge is 2.04. The number of aromatic nitrogens is 3. The van der Waals surface area contributed by atoms with Gasteiger partial charge in [0, 0.05) is 11.6 Å². The average Bonchev–Trinajstić information content (AvgIpc) is 2.88. The molecule has 0 saturated heterocycles. The number of hydrogen-bond donors (Lipinski definition) is 0. The predicted molar refractivity (Wildman–Crippen MR) is 56.3 cm³/mol. The van der Waals surface area contributed by atoms with Gasteiger partial charge in [0.05, 0.1) is 11.7 Å². The van der Waals surface area contributed by atoms with Crippen molar-refractivity contribution in [2.75, 3.05) is 0 Å². The van der Waals surface area contributed by atoms with Crippen LogP contribution in [0.1, 0.15) is 0 Å². The molecule has 3 nitrogen and oxygen atoms in total. The van der Waals surface area contributed by atoms with Gasteiger partial charge in [0.25, 0.3) is 0 Å². The Bertz CT molecular complexity index is 554. The van der Waals surface area contributed by atoms with Crippen LogP contribution in [-0.4, -0.2) is 14.6 Å². The van der Waals surface area contributed by atoms with Crippen LogP contribution < -0.4 is 0 Å². The Morgan fingerprint density at radius 1 is 1.14 bits per heavy atom. The number of hydrogen-bond acceptors (Lipinski definition) is 3. The van der Waals surface area contributed by atoms with E-state index in [9.17, 15) is 0 Å². The monoisotopic (exact) mass is 201 g/mol. The van der Waals surface area contributed by atoms with Crippen LogP contribution in [0.2, 0.25) is 0 Å². The summed E-state index contributed by atoms with van der Waals surface area (Å²) >= 11 is 1.62. The van der Waals surface area contributed by atoms with E-state index in [-0.39, 0.29) is 0 Å². The molecule has 0 spiro atoms. The van der Waals surface area contributed by atoms with Gasteiger partial charge in [-0.2, -0.15) is 5.10 Å². The van der Waals surface area contributed by atoms with Crippen molar-refractivity contribution in [3.63, 3.8) is 0 Å². The van der Waals surface area contributed by atoms with E-state index in [4.69, 9.17) is 0 Å². The van der Waals surface area contributed by atoms with Crippen LogP contribution in [0, 0.1) is 0 Å². The minimum Gasteiger partial charge on any atom is -0.243 e. The maximum atomic E-state index is 4.27. The van der Waals surface area contributed by atoms with E-state index in [2.05, 4.69) is 10.1 Å². The van der Waals surface area contributed by atoms with Crippen molar-refractivity contribution in [2.45, 2.75) is 0 Å². The quantitative estimate of drug-likeness (QED) is 0.605. The van der Waals surface area contributed by atoms with Gasteiger partial charge in [-0.15, -0.1) is 11.3 Å². The van der Waals surface area contributed by atoms with Crippen LogP contribution in [0.5, 0.6) is 0 Å². The maximum Gasteiger partial charge on any atom is 0.141 e. The molecule has 0 aromatic carbocycles. The Hall–Kier alpha value is -1.68. The highest BCUT2D eigenvalue weighted by Crippen LogP contribution is 2.21. The summed E-state index contributed by atoms with van der Waals surface area (Å²) in [6, 6.07) is 8.06. The van der Waals surface area contributed by atoms with Gasteiger partial charge in [-0.3, -0.25) is 0 Å². The number of nitrogens with zero attached hydrogens (tertiary/aromatic N) is 3. The van der Waals surface area contributed by atoms with Gasteiger partial charge >= 0.3 is 0 Å². The predicted octanol–water partition coefficient (Wildman–Crippen LogP) is 2.46. The number of thiazole rings is 1. The largest absolute Gasteiger partial charge is 0.243 e. The van der Waals surface area contributed by atoms with Crippen LogP contribution >= 0.6 is 11.3 Å². The summed E-state index contributed by atoms with van der Waals surface area (Å²) in [5.41, 5.74) is 2.14. The van der Waals surface area contributed by atoms with E-state index in [1.165, 1.54) is 0 Å². The minimum absolute atomic E-state index is 0.999. The first-order valence-electron chi connectivity index (χ1n) is 4.28. The number of rotatable bonds is 1. The van der Waals surface area contributed by atoms with Gasteiger partial charge in [-0.1, -0.05) is 6.07 Å². The molecule has 0 unspecified atom stereocenters. The molecular formula is C10H7N3S. The summed E-state index contributed by atoms with van der Waals surface area (Å²) in [6.07, 6.45) is 3.61. The first-order chi connectivity index (χ1) is 6.95. The normalized spacial score (nSPS) is 10.9. The first-order valence-corrected chi connectivity index (χ1v) is 5.16. The molecule has 14 heavy (non-hydrogen) atoms. The van der Waals surface area contributed by atoms with Crippen LogP contribution in [-0.2, 0) is 0 Å². The second kappa shape index (κ2) is 2.92. The molecule has 0 atom stereocenters. The lowest BCUT2D eigenvalue weighted by molar-refractivity contribution is 0.967. The smallest absolute Gasteiger partial charge is 0.141 e. The second-order valence-corrected chi connectivity index (χ2v) is 3.81. The first kappa shape index (κ1) is 7.70. The van der Waals surface area contributed by atoms with Crippen LogP contribution in [0.15, 0.2) is 42.0 Å². The summed E-state index contributed by atoms with van der Waals surface area (Å²) < 4.78 is 1.90. The highest BCUT2D eigenvalue weighted by atomic mass is 32.1. The van der Waals surface area contributed by atoms with Gasteiger partial charge in [-0.25, -0.2) is 9.50 Å². The average molecular weight is 201 g/mol. The van der Waals surface area contributed by atoms with Crippen molar-refractivity contribution in [3.8, 4) is 10.7 Å². The molecule has 0 aliphatic carbocycles. The molecule has 0 bridgehead atoms. The van der Waals surface area contributed by atoms with E-state index in [0.717, 1.165) is 16.2 Å². The van der Waals surface area contributed by atoms with Gasteiger partial charge in [-0.05, 0) is 18.2 Å². The van der Waals surface area contributed by atoms with Gasteiger partial charge in [0.2, 0.25) is 0 Å². The SMILES string of the molecule is c1cc(-c2nccs2)n2nccc2c1. The van der Waals surface area contributed by atoms with Crippen LogP contribution in [0.25, 0.3) is 16.2 Å². The third-order valence-corrected chi connectivity index (χ3v) is 2.87. The summed E-state index contributed by atoms with van der Waals surface area (Å²) in [5.74, 6) is 0. The molecule has 3 aromatic heterocycles. The Kier molecular flexibility index (Phi) is 1.61. The molecule has 0 saturated carbocycles. The van der Waals surface area contributed by atoms with E-state index in [0.29, 0.717) is 0 Å². The lowest BCUT2D eigenvalue weighted by atomic mass is 10.3. The summed E-state index contributed by atoms with van der Waals surface area (Å²) in [7, 11) is 0. The van der Waals surface area contributed by atoms with Crippen molar-refractivity contribution in [3.05, 3.63) is 42.0 Å². The second-order valence-electron chi connectivity index (χ2n) is 2.92. The maximum absolute atomic E-state index is 4.27. The molecule has 4 heteroatoms. The Labute approximate surface area is 84.7 Å². The van der Waals surface area contributed by atoms with Gasteiger partial charge < -0.3 is 0 Å². The van der Waals surface area contributed by atoms with Crippen LogP contribution in [0.3, 0.4) is 0 Å². The molecule has 0 radical (unpaired) electrons.